The number of aromatic nitrogens is 6. The lowest BCUT2D eigenvalue weighted by Gasteiger charge is -2.29. The molecule has 1 aromatic carbocycles. The molecule has 0 atom stereocenters. The molecular weight excluding hydrogens is 344 g/mol. The van der Waals surface area contributed by atoms with Gasteiger partial charge >= 0.3 is 0 Å². The van der Waals surface area contributed by atoms with Gasteiger partial charge in [-0.2, -0.15) is 4.68 Å². The Balaban J connectivity index is 1.71. The van der Waals surface area contributed by atoms with Gasteiger partial charge in [0.05, 0.1) is 24.7 Å². The molecule has 5 rings (SSSR count). The van der Waals surface area contributed by atoms with Crippen molar-refractivity contribution in [2.45, 2.75) is 6.61 Å². The quantitative estimate of drug-likeness (QED) is 0.661. The van der Waals surface area contributed by atoms with Gasteiger partial charge < -0.3 is 9.64 Å². The van der Waals surface area contributed by atoms with E-state index in [1.54, 1.807) is 22.4 Å². The highest BCUT2D eigenvalue weighted by molar-refractivity contribution is 6.15. The minimum absolute atomic E-state index is 0.383. The summed E-state index contributed by atoms with van der Waals surface area (Å²) in [7, 11) is 1.62. The van der Waals surface area contributed by atoms with Gasteiger partial charge in [-0.25, -0.2) is 4.57 Å². The van der Waals surface area contributed by atoms with E-state index >= 15 is 0 Å². The molecule has 0 saturated heterocycles. The van der Waals surface area contributed by atoms with E-state index in [0.717, 1.165) is 22.9 Å². The predicted molar refractivity (Wildman–Crippen MR) is 90.4 cm³/mol. The van der Waals surface area contributed by atoms with Crippen LogP contribution < -0.4 is 4.90 Å². The Labute approximate surface area is 147 Å². The number of halogens is 1. The first kappa shape index (κ1) is 14.4. The summed E-state index contributed by atoms with van der Waals surface area (Å²) >= 11 is 6.24. The van der Waals surface area contributed by atoms with Crippen LogP contribution in [0.25, 0.3) is 23.2 Å². The zero-order valence-electron chi connectivity index (χ0n) is 13.2. The van der Waals surface area contributed by atoms with E-state index in [-0.39, 0.29) is 0 Å². The van der Waals surface area contributed by atoms with Crippen LogP contribution in [0.4, 0.5) is 5.69 Å². The van der Waals surface area contributed by atoms with Crippen molar-refractivity contribution < 1.29 is 4.74 Å². The molecule has 4 heterocycles. The third-order valence-electron chi connectivity index (χ3n) is 4.16. The number of fused-ring (bicyclic) bond motifs is 6. The number of rotatable bonds is 3. The van der Waals surface area contributed by atoms with Gasteiger partial charge in [-0.3, -0.25) is 4.42 Å². The van der Waals surface area contributed by atoms with E-state index in [2.05, 4.69) is 25.4 Å². The van der Waals surface area contributed by atoms with Gasteiger partial charge in [0.1, 0.15) is 18.2 Å². The Morgan fingerprint density at radius 3 is 2.96 bits per heavy atom. The average molecular weight is 357 g/mol. The molecule has 25 heavy (non-hydrogen) atoms. The summed E-state index contributed by atoms with van der Waals surface area (Å²) in [5, 5.41) is 16.9. The summed E-state index contributed by atoms with van der Waals surface area (Å²) < 4.78 is 10.2. The second kappa shape index (κ2) is 5.30. The van der Waals surface area contributed by atoms with E-state index in [1.165, 1.54) is 0 Å². The van der Waals surface area contributed by atoms with E-state index in [9.17, 15) is 0 Å². The highest BCUT2D eigenvalue weighted by Crippen LogP contribution is 2.42. The van der Waals surface area contributed by atoms with Crippen molar-refractivity contribution >= 4 is 23.3 Å². The normalized spacial score (nSPS) is 15.0. The monoisotopic (exact) mass is 356 g/mol. The largest absolute Gasteiger partial charge is 0.378 e. The molecule has 0 spiro atoms. The fraction of sp³-hybridized carbons (Fsp3) is 0.200. The van der Waals surface area contributed by atoms with E-state index in [1.807, 2.05) is 35.0 Å². The van der Waals surface area contributed by atoms with Gasteiger partial charge in [0.2, 0.25) is 0 Å². The van der Waals surface area contributed by atoms with Gasteiger partial charge in [0, 0.05) is 24.4 Å². The minimum atomic E-state index is 0.383. The van der Waals surface area contributed by atoms with Gasteiger partial charge in [-0.15, -0.1) is 15.3 Å². The first-order valence-electron chi connectivity index (χ1n) is 7.64. The van der Waals surface area contributed by atoms with E-state index in [0.29, 0.717) is 24.9 Å². The van der Waals surface area contributed by atoms with Crippen LogP contribution in [0.3, 0.4) is 0 Å². The van der Waals surface area contributed by atoms with Crippen LogP contribution >= 0.6 is 11.8 Å². The Morgan fingerprint density at radius 1 is 1.20 bits per heavy atom. The van der Waals surface area contributed by atoms with Crippen molar-refractivity contribution in [2.75, 3.05) is 18.7 Å². The lowest BCUT2D eigenvalue weighted by molar-refractivity contribution is 0.181. The SMILES string of the molecule is COCc1cn(-c2nnc3n2C2=CN(Cl)CN2c2ccccc2-3)nn1. The smallest absolute Gasteiger partial charge is 0.259 e. The van der Waals surface area contributed by atoms with Crippen LogP contribution in [0.2, 0.25) is 0 Å². The highest BCUT2D eigenvalue weighted by atomic mass is 35.5. The Bertz CT molecular complexity index is 993. The lowest BCUT2D eigenvalue weighted by Crippen LogP contribution is -2.29. The third kappa shape index (κ3) is 2.06. The van der Waals surface area contributed by atoms with Crippen LogP contribution in [0.5, 0.6) is 0 Å². The Morgan fingerprint density at radius 2 is 2.08 bits per heavy atom. The van der Waals surface area contributed by atoms with Gasteiger partial charge in [0.25, 0.3) is 5.95 Å². The van der Waals surface area contributed by atoms with Crippen molar-refractivity contribution in [1.82, 2.24) is 34.2 Å². The Kier molecular flexibility index (Phi) is 3.06. The Hall–Kier alpha value is -2.91. The maximum absolute atomic E-state index is 6.24. The number of para-hydroxylation sites is 1. The zero-order chi connectivity index (χ0) is 17.0. The average Bonchev–Trinajstić information content (AvgIpc) is 3.32. The van der Waals surface area contributed by atoms with Crippen LogP contribution in [0.1, 0.15) is 5.69 Å². The molecule has 3 aromatic rings. The van der Waals surface area contributed by atoms with Crippen LogP contribution in [0, 0.1) is 0 Å². The molecule has 126 valence electrons. The standard InChI is InChI=1S/C15H13ClN8O/c1-25-8-10-6-23(20-17-10)15-19-18-14-11-4-2-3-5-12(11)22-9-21(16)7-13(22)24(14)15/h2-7H,8-9H2,1H3. The fourth-order valence-electron chi connectivity index (χ4n) is 3.14. The first-order valence-corrected chi connectivity index (χ1v) is 7.97. The summed E-state index contributed by atoms with van der Waals surface area (Å²) in [5.41, 5.74) is 2.75. The highest BCUT2D eigenvalue weighted by Gasteiger charge is 2.35. The predicted octanol–water partition coefficient (Wildman–Crippen LogP) is 1.68. The van der Waals surface area contributed by atoms with Crippen LogP contribution in [-0.2, 0) is 11.3 Å². The van der Waals surface area contributed by atoms with Crippen LogP contribution in [-0.4, -0.2) is 48.0 Å². The summed E-state index contributed by atoms with van der Waals surface area (Å²) in [4.78, 5) is 2.11. The summed E-state index contributed by atoms with van der Waals surface area (Å²) in [5.74, 6) is 2.15. The summed E-state index contributed by atoms with van der Waals surface area (Å²) in [6.45, 7) is 0.922. The number of hydrogen-bond acceptors (Lipinski definition) is 7. The molecule has 2 aliphatic heterocycles. The van der Waals surface area contributed by atoms with Crippen molar-refractivity contribution in [3.63, 3.8) is 0 Å². The summed E-state index contributed by atoms with van der Waals surface area (Å²) in [6, 6.07) is 8.04. The zero-order valence-corrected chi connectivity index (χ0v) is 14.0. The van der Waals surface area contributed by atoms with Gasteiger partial charge in [0.15, 0.2) is 5.82 Å². The van der Waals surface area contributed by atoms with Gasteiger partial charge in [-0.05, 0) is 12.1 Å². The fourth-order valence-corrected chi connectivity index (χ4v) is 3.33. The molecule has 0 fully saturated rings. The number of anilines is 1. The molecule has 0 aliphatic carbocycles. The van der Waals surface area contributed by atoms with Crippen LogP contribution in [0.15, 0.2) is 36.7 Å². The molecule has 0 radical (unpaired) electrons. The number of ether oxygens (including phenoxy) is 1. The van der Waals surface area contributed by atoms with E-state index in [4.69, 9.17) is 16.5 Å². The molecule has 9 nitrogen and oxygen atoms in total. The number of hydrogen-bond donors (Lipinski definition) is 0. The molecule has 0 amide bonds. The minimum Gasteiger partial charge on any atom is -0.378 e. The molecule has 0 saturated carbocycles. The number of nitrogens with zero attached hydrogens (tertiary/aromatic N) is 8. The van der Waals surface area contributed by atoms with E-state index < -0.39 is 0 Å². The topological polar surface area (TPSA) is 77.1 Å². The molecular formula is C15H13ClN8O. The molecule has 2 aromatic heterocycles. The van der Waals surface area contributed by atoms with Gasteiger partial charge in [-0.1, -0.05) is 17.3 Å². The molecule has 0 bridgehead atoms. The maximum atomic E-state index is 6.24. The second-order valence-corrected chi connectivity index (χ2v) is 6.15. The van der Waals surface area contributed by atoms with Crippen molar-refractivity contribution in [3.8, 4) is 17.3 Å². The molecule has 2 aliphatic rings. The third-order valence-corrected chi connectivity index (χ3v) is 4.36. The molecule has 10 heteroatoms. The second-order valence-electron chi connectivity index (χ2n) is 5.72. The molecule has 0 unspecified atom stereocenters. The molecule has 0 N–H and O–H groups in total. The van der Waals surface area contributed by atoms with Crippen molar-refractivity contribution in [2.24, 2.45) is 0 Å². The summed E-state index contributed by atoms with van der Waals surface area (Å²) in [6.07, 6.45) is 3.63. The number of methoxy groups -OCH3 is 1. The first-order chi connectivity index (χ1) is 12.3. The van der Waals surface area contributed by atoms with Crippen molar-refractivity contribution in [1.29, 1.82) is 0 Å². The van der Waals surface area contributed by atoms with Crippen molar-refractivity contribution in [3.05, 3.63) is 42.4 Å². The maximum Gasteiger partial charge on any atom is 0.259 e. The lowest BCUT2D eigenvalue weighted by atomic mass is 10.1. The number of benzene rings is 1.